The van der Waals surface area contributed by atoms with Crippen LogP contribution >= 0.6 is 34.2 Å². The maximum Gasteiger partial charge on any atom is 0.264 e. The number of rotatable bonds is 3. The lowest BCUT2D eigenvalue weighted by Crippen LogP contribution is -2.16. The van der Waals surface area contributed by atoms with Crippen LogP contribution in [0.5, 0.6) is 0 Å². The average molecular weight is 445 g/mol. The summed E-state index contributed by atoms with van der Waals surface area (Å²) in [6.45, 7) is 0. The molecule has 112 valence electrons. The van der Waals surface area contributed by atoms with Crippen LogP contribution in [0.2, 0.25) is 5.02 Å². The number of halogens is 4. The number of hydrogen-bond acceptors (Lipinski definition) is 3. The Morgan fingerprint density at radius 2 is 1.86 bits per heavy atom. The first-order chi connectivity index (χ1) is 9.72. The van der Waals surface area contributed by atoms with Gasteiger partial charge in [0.15, 0.2) is 5.82 Å². The summed E-state index contributed by atoms with van der Waals surface area (Å²) in [5, 5.41) is 0.154. The number of nitrogens with two attached hydrogens (primary N) is 1. The summed E-state index contributed by atoms with van der Waals surface area (Å²) in [7, 11) is -4.28. The van der Waals surface area contributed by atoms with Crippen molar-refractivity contribution in [2.24, 2.45) is 0 Å². The van der Waals surface area contributed by atoms with Crippen molar-refractivity contribution in [1.29, 1.82) is 0 Å². The van der Waals surface area contributed by atoms with Crippen LogP contribution < -0.4 is 10.5 Å². The predicted molar refractivity (Wildman–Crippen MR) is 85.7 cm³/mol. The standard InChI is InChI=1S/C12H8ClF2IN2O2S/c13-7-5-6(16)1-3-9(7)18-21(19,20)10-4-2-8(14)12(17)11(10)15/h1-5,18H,17H2. The van der Waals surface area contributed by atoms with Gasteiger partial charge >= 0.3 is 0 Å². The van der Waals surface area contributed by atoms with Gasteiger partial charge in [-0.2, -0.15) is 0 Å². The van der Waals surface area contributed by atoms with Gasteiger partial charge in [-0.1, -0.05) is 11.6 Å². The Morgan fingerprint density at radius 1 is 1.19 bits per heavy atom. The first-order valence-corrected chi connectivity index (χ1v) is 8.37. The Kier molecular flexibility index (Phi) is 4.59. The fourth-order valence-electron chi connectivity index (χ4n) is 1.53. The Morgan fingerprint density at radius 3 is 2.48 bits per heavy atom. The van der Waals surface area contributed by atoms with Crippen molar-refractivity contribution in [2.45, 2.75) is 4.90 Å². The van der Waals surface area contributed by atoms with Crippen LogP contribution in [0.3, 0.4) is 0 Å². The number of sulfonamides is 1. The van der Waals surface area contributed by atoms with Gasteiger partial charge in [-0.15, -0.1) is 0 Å². The van der Waals surface area contributed by atoms with Gasteiger partial charge in [-0.05, 0) is 52.9 Å². The van der Waals surface area contributed by atoms with Gasteiger partial charge in [-0.3, -0.25) is 4.72 Å². The second-order valence-corrected chi connectivity index (χ2v) is 7.31. The third-order valence-corrected chi connectivity index (χ3v) is 4.92. The molecule has 0 aliphatic rings. The maximum absolute atomic E-state index is 13.8. The van der Waals surface area contributed by atoms with Gasteiger partial charge in [0.25, 0.3) is 10.0 Å². The molecule has 0 saturated carbocycles. The zero-order valence-electron chi connectivity index (χ0n) is 10.2. The van der Waals surface area contributed by atoms with Gasteiger partial charge in [-0.25, -0.2) is 17.2 Å². The molecule has 3 N–H and O–H groups in total. The summed E-state index contributed by atoms with van der Waals surface area (Å²) in [5.74, 6) is -2.37. The molecule has 0 radical (unpaired) electrons. The van der Waals surface area contributed by atoms with Crippen LogP contribution in [-0.2, 0) is 10.0 Å². The highest BCUT2D eigenvalue weighted by atomic mass is 127. The van der Waals surface area contributed by atoms with Crippen molar-refractivity contribution < 1.29 is 17.2 Å². The van der Waals surface area contributed by atoms with E-state index >= 15 is 0 Å². The first-order valence-electron chi connectivity index (χ1n) is 5.43. The fraction of sp³-hybridized carbons (Fsp3) is 0. The summed E-state index contributed by atoms with van der Waals surface area (Å²) in [6.07, 6.45) is 0. The predicted octanol–water partition coefficient (Wildman–Crippen LogP) is 3.61. The van der Waals surface area contributed by atoms with E-state index in [1.54, 1.807) is 6.07 Å². The van der Waals surface area contributed by atoms with E-state index in [-0.39, 0.29) is 10.7 Å². The van der Waals surface area contributed by atoms with Crippen molar-refractivity contribution in [3.8, 4) is 0 Å². The Labute approximate surface area is 138 Å². The van der Waals surface area contributed by atoms with Gasteiger partial charge in [0.2, 0.25) is 0 Å². The van der Waals surface area contributed by atoms with E-state index < -0.39 is 32.2 Å². The molecule has 0 aliphatic carbocycles. The third kappa shape index (κ3) is 3.38. The van der Waals surface area contributed by atoms with Crippen molar-refractivity contribution in [3.05, 3.63) is 50.6 Å². The quantitative estimate of drug-likeness (QED) is 0.561. The van der Waals surface area contributed by atoms with Crippen LogP contribution in [0.4, 0.5) is 20.2 Å². The van der Waals surface area contributed by atoms with E-state index in [0.29, 0.717) is 0 Å². The number of benzene rings is 2. The van der Waals surface area contributed by atoms with Crippen LogP contribution in [0.25, 0.3) is 0 Å². The zero-order chi connectivity index (χ0) is 15.8. The van der Waals surface area contributed by atoms with Crippen LogP contribution in [0.1, 0.15) is 0 Å². The van der Waals surface area contributed by atoms with Crippen molar-refractivity contribution in [2.75, 3.05) is 10.5 Å². The summed E-state index contributed by atoms with van der Waals surface area (Å²) in [4.78, 5) is -0.754. The molecule has 9 heteroatoms. The molecule has 2 aromatic carbocycles. The first kappa shape index (κ1) is 16.2. The lowest BCUT2D eigenvalue weighted by atomic mass is 10.3. The van der Waals surface area contributed by atoms with Gasteiger partial charge in [0, 0.05) is 3.57 Å². The lowest BCUT2D eigenvalue weighted by molar-refractivity contribution is 0.557. The Hall–Kier alpha value is -1.13. The molecule has 0 spiro atoms. The van der Waals surface area contributed by atoms with E-state index in [2.05, 4.69) is 4.72 Å². The van der Waals surface area contributed by atoms with Crippen molar-refractivity contribution in [1.82, 2.24) is 0 Å². The van der Waals surface area contributed by atoms with Crippen molar-refractivity contribution in [3.63, 3.8) is 0 Å². The lowest BCUT2D eigenvalue weighted by Gasteiger charge is -2.11. The molecule has 2 rings (SSSR count). The summed E-state index contributed by atoms with van der Waals surface area (Å²) >= 11 is 7.91. The minimum atomic E-state index is -4.28. The van der Waals surface area contributed by atoms with Gasteiger partial charge in [0.1, 0.15) is 16.4 Å². The monoisotopic (exact) mass is 444 g/mol. The van der Waals surface area contributed by atoms with E-state index in [1.807, 2.05) is 22.6 Å². The van der Waals surface area contributed by atoms with E-state index in [4.69, 9.17) is 17.3 Å². The van der Waals surface area contributed by atoms with Gasteiger partial charge < -0.3 is 5.73 Å². The Bertz CT molecular complexity index is 815. The maximum atomic E-state index is 13.8. The second kappa shape index (κ2) is 5.93. The van der Waals surface area contributed by atoms with Crippen LogP contribution in [0, 0.1) is 15.2 Å². The van der Waals surface area contributed by atoms with Crippen molar-refractivity contribution >= 4 is 55.6 Å². The minimum Gasteiger partial charge on any atom is -0.394 e. The minimum absolute atomic E-state index is 0.0828. The highest BCUT2D eigenvalue weighted by Gasteiger charge is 2.23. The third-order valence-electron chi connectivity index (χ3n) is 2.56. The topological polar surface area (TPSA) is 72.2 Å². The summed E-state index contributed by atoms with van der Waals surface area (Å²) in [6, 6.07) is 6.17. The largest absolute Gasteiger partial charge is 0.394 e. The molecule has 0 saturated heterocycles. The molecular weight excluding hydrogens is 437 g/mol. The molecule has 2 aromatic rings. The molecule has 0 aromatic heterocycles. The highest BCUT2D eigenvalue weighted by Crippen LogP contribution is 2.28. The molecule has 0 fully saturated rings. The highest BCUT2D eigenvalue weighted by molar-refractivity contribution is 14.1. The number of anilines is 2. The number of hydrogen-bond donors (Lipinski definition) is 2. The van der Waals surface area contributed by atoms with Gasteiger partial charge in [0.05, 0.1) is 10.7 Å². The average Bonchev–Trinajstić information content (AvgIpc) is 2.39. The molecule has 0 unspecified atom stereocenters. The van der Waals surface area contributed by atoms with E-state index in [0.717, 1.165) is 15.7 Å². The second-order valence-electron chi connectivity index (χ2n) is 4.00. The molecule has 0 amide bonds. The molecule has 4 nitrogen and oxygen atoms in total. The smallest absolute Gasteiger partial charge is 0.264 e. The SMILES string of the molecule is Nc1c(F)ccc(S(=O)(=O)Nc2ccc(I)cc2Cl)c1F. The molecule has 0 aliphatic heterocycles. The molecule has 0 heterocycles. The molecule has 0 bridgehead atoms. The summed E-state index contributed by atoms with van der Waals surface area (Å²) < 4.78 is 54.1. The Balaban J connectivity index is 2.46. The van der Waals surface area contributed by atoms with E-state index in [1.165, 1.54) is 12.1 Å². The molecular formula is C12H8ClF2IN2O2S. The zero-order valence-corrected chi connectivity index (χ0v) is 13.9. The fourth-order valence-corrected chi connectivity index (χ4v) is 3.66. The molecule has 21 heavy (non-hydrogen) atoms. The summed E-state index contributed by atoms with van der Waals surface area (Å²) in [5.41, 5.74) is 4.38. The van der Waals surface area contributed by atoms with Crippen LogP contribution in [0.15, 0.2) is 35.2 Å². The van der Waals surface area contributed by atoms with E-state index in [9.17, 15) is 17.2 Å². The molecule has 0 atom stereocenters. The van der Waals surface area contributed by atoms with Crippen LogP contribution in [-0.4, -0.2) is 8.42 Å². The number of nitrogens with one attached hydrogen (secondary N) is 1. The number of nitrogen functional groups attached to an aromatic ring is 1. The normalized spacial score (nSPS) is 11.4.